The molecule has 24 heavy (non-hydrogen) atoms. The van der Waals surface area contributed by atoms with E-state index in [1.165, 1.54) is 19.2 Å². The van der Waals surface area contributed by atoms with E-state index in [1.807, 2.05) is 24.3 Å². The second kappa shape index (κ2) is 6.49. The van der Waals surface area contributed by atoms with Gasteiger partial charge in [0.1, 0.15) is 17.2 Å². The van der Waals surface area contributed by atoms with Crippen LogP contribution in [0.2, 0.25) is 0 Å². The first-order valence-corrected chi connectivity index (χ1v) is 7.39. The van der Waals surface area contributed by atoms with Gasteiger partial charge in [-0.2, -0.15) is 0 Å². The van der Waals surface area contributed by atoms with Crippen molar-refractivity contribution in [3.63, 3.8) is 0 Å². The molecule has 0 fully saturated rings. The molecule has 0 aliphatic heterocycles. The van der Waals surface area contributed by atoms with Crippen molar-refractivity contribution in [2.24, 2.45) is 0 Å². The Balaban J connectivity index is 1.79. The van der Waals surface area contributed by atoms with Gasteiger partial charge in [0.25, 0.3) is 5.69 Å². The number of hydrogen-bond acceptors (Lipinski definition) is 5. The van der Waals surface area contributed by atoms with Gasteiger partial charge in [0, 0.05) is 24.2 Å². The van der Waals surface area contributed by atoms with E-state index in [9.17, 15) is 14.9 Å². The van der Waals surface area contributed by atoms with Crippen LogP contribution in [0.25, 0.3) is 16.9 Å². The molecule has 0 unspecified atom stereocenters. The highest BCUT2D eigenvalue weighted by atomic mass is 16.6. The Kier molecular flexibility index (Phi) is 4.24. The Bertz CT molecular complexity index is 900. The Labute approximate surface area is 137 Å². The third-order valence-corrected chi connectivity index (χ3v) is 3.52. The number of pyridine rings is 1. The van der Waals surface area contributed by atoms with Crippen molar-refractivity contribution < 1.29 is 14.5 Å². The number of ketones is 1. The van der Waals surface area contributed by atoms with Crippen LogP contribution in [0.4, 0.5) is 5.69 Å². The maximum absolute atomic E-state index is 10.9. The quantitative estimate of drug-likeness (QED) is 0.513. The Morgan fingerprint density at radius 1 is 1.21 bits per heavy atom. The van der Waals surface area contributed by atoms with Crippen LogP contribution in [0.5, 0.6) is 5.75 Å². The summed E-state index contributed by atoms with van der Waals surface area (Å²) in [5, 5.41) is 10.8. The molecular weight excluding hydrogens is 310 g/mol. The first-order chi connectivity index (χ1) is 11.5. The van der Waals surface area contributed by atoms with E-state index in [0.717, 1.165) is 5.56 Å². The predicted octanol–water partition coefficient (Wildman–Crippen LogP) is 3.27. The van der Waals surface area contributed by atoms with Gasteiger partial charge in [0.05, 0.1) is 23.4 Å². The van der Waals surface area contributed by atoms with Gasteiger partial charge in [0.15, 0.2) is 0 Å². The highest BCUT2D eigenvalue weighted by Gasteiger charge is 2.09. The fourth-order valence-corrected chi connectivity index (χ4v) is 2.26. The van der Waals surface area contributed by atoms with Gasteiger partial charge in [0.2, 0.25) is 0 Å². The lowest BCUT2D eigenvalue weighted by Gasteiger charge is -2.05. The molecule has 0 spiro atoms. The monoisotopic (exact) mass is 325 g/mol. The summed E-state index contributed by atoms with van der Waals surface area (Å²) in [6, 6.07) is 10.4. The van der Waals surface area contributed by atoms with E-state index in [1.54, 1.807) is 16.7 Å². The summed E-state index contributed by atoms with van der Waals surface area (Å²) >= 11 is 0. The van der Waals surface area contributed by atoms with E-state index < -0.39 is 4.92 Å². The van der Waals surface area contributed by atoms with Crippen molar-refractivity contribution in [2.45, 2.75) is 13.3 Å². The fraction of sp³-hybridized carbons (Fsp3) is 0.176. The molecule has 2 heterocycles. The lowest BCUT2D eigenvalue weighted by atomic mass is 10.1. The van der Waals surface area contributed by atoms with Crippen LogP contribution in [0.1, 0.15) is 13.3 Å². The van der Waals surface area contributed by atoms with Gasteiger partial charge in [-0.1, -0.05) is 0 Å². The molecule has 3 aromatic rings. The minimum Gasteiger partial charge on any atom is -0.493 e. The van der Waals surface area contributed by atoms with Crippen LogP contribution in [0, 0.1) is 10.1 Å². The van der Waals surface area contributed by atoms with Crippen molar-refractivity contribution in [1.82, 2.24) is 9.38 Å². The van der Waals surface area contributed by atoms with Gasteiger partial charge in [-0.05, 0) is 37.3 Å². The number of rotatable bonds is 6. The number of nitro groups is 1. The molecule has 2 aromatic heterocycles. The number of aromatic nitrogens is 2. The van der Waals surface area contributed by atoms with Crippen molar-refractivity contribution in [3.05, 3.63) is 58.9 Å². The first kappa shape index (κ1) is 15.7. The third-order valence-electron chi connectivity index (χ3n) is 3.52. The van der Waals surface area contributed by atoms with Crippen LogP contribution in [-0.2, 0) is 4.79 Å². The summed E-state index contributed by atoms with van der Waals surface area (Å²) in [5.41, 5.74) is 2.24. The molecule has 0 radical (unpaired) electrons. The molecule has 1 aromatic carbocycles. The minimum absolute atomic E-state index is 0.0145. The maximum Gasteiger partial charge on any atom is 0.286 e. The number of ether oxygens (including phenoxy) is 1. The predicted molar refractivity (Wildman–Crippen MR) is 88.1 cm³/mol. The minimum atomic E-state index is -0.438. The molecule has 0 aliphatic carbocycles. The number of imidazole rings is 1. The molecule has 0 atom stereocenters. The van der Waals surface area contributed by atoms with Crippen molar-refractivity contribution in [1.29, 1.82) is 0 Å². The van der Waals surface area contributed by atoms with E-state index in [-0.39, 0.29) is 11.5 Å². The fourth-order valence-electron chi connectivity index (χ4n) is 2.26. The average Bonchev–Trinajstić information content (AvgIpc) is 2.98. The van der Waals surface area contributed by atoms with Gasteiger partial charge < -0.3 is 4.74 Å². The number of carbonyl (C=O) groups is 1. The molecule has 7 heteroatoms. The SMILES string of the molecule is CC(=O)CCOc1ccc(-c2cn3cc([N+](=O)[O-])ccc3n2)cc1. The van der Waals surface area contributed by atoms with E-state index in [4.69, 9.17) is 4.74 Å². The number of nitrogens with zero attached hydrogens (tertiary/aromatic N) is 3. The van der Waals surface area contributed by atoms with Crippen molar-refractivity contribution >= 4 is 17.1 Å². The normalized spacial score (nSPS) is 10.7. The molecule has 0 amide bonds. The Morgan fingerprint density at radius 3 is 2.62 bits per heavy atom. The zero-order valence-electron chi connectivity index (χ0n) is 13.0. The van der Waals surface area contributed by atoms with Crippen molar-refractivity contribution in [3.8, 4) is 17.0 Å². The molecule has 7 nitrogen and oxygen atoms in total. The second-order valence-electron chi connectivity index (χ2n) is 5.36. The second-order valence-corrected chi connectivity index (χ2v) is 5.36. The number of benzene rings is 1. The zero-order chi connectivity index (χ0) is 17.1. The largest absolute Gasteiger partial charge is 0.493 e. The van der Waals surface area contributed by atoms with Crippen LogP contribution in [-0.4, -0.2) is 26.7 Å². The number of hydrogen-bond donors (Lipinski definition) is 0. The number of Topliss-reactive ketones (excluding diaryl/α,β-unsaturated/α-hetero) is 1. The lowest BCUT2D eigenvalue weighted by molar-refractivity contribution is -0.385. The summed E-state index contributed by atoms with van der Waals surface area (Å²) < 4.78 is 7.12. The molecule has 3 rings (SSSR count). The standard InChI is InChI=1S/C17H15N3O4/c1-12(21)8-9-24-15-5-2-13(3-6-15)16-11-19-10-14(20(22)23)4-7-17(19)18-16/h2-7,10-11H,8-9H2,1H3. The summed E-state index contributed by atoms with van der Waals surface area (Å²) in [5.74, 6) is 0.768. The smallest absolute Gasteiger partial charge is 0.286 e. The van der Waals surface area contributed by atoms with E-state index in [0.29, 0.717) is 30.1 Å². The van der Waals surface area contributed by atoms with Crippen LogP contribution < -0.4 is 4.74 Å². The number of fused-ring (bicyclic) bond motifs is 1. The molecule has 122 valence electrons. The summed E-state index contributed by atoms with van der Waals surface area (Å²) in [6.45, 7) is 1.88. The number of carbonyl (C=O) groups excluding carboxylic acids is 1. The van der Waals surface area contributed by atoms with Gasteiger partial charge in [-0.15, -0.1) is 0 Å². The average molecular weight is 325 g/mol. The van der Waals surface area contributed by atoms with E-state index in [2.05, 4.69) is 4.98 Å². The van der Waals surface area contributed by atoms with E-state index >= 15 is 0 Å². The summed E-state index contributed by atoms with van der Waals surface area (Å²) in [6.07, 6.45) is 3.56. The lowest BCUT2D eigenvalue weighted by Crippen LogP contribution is -2.02. The van der Waals surface area contributed by atoms with Crippen LogP contribution in [0.3, 0.4) is 0 Å². The van der Waals surface area contributed by atoms with Gasteiger partial charge in [-0.25, -0.2) is 4.98 Å². The van der Waals surface area contributed by atoms with Crippen LogP contribution in [0.15, 0.2) is 48.8 Å². The molecular formula is C17H15N3O4. The maximum atomic E-state index is 10.9. The Morgan fingerprint density at radius 2 is 1.96 bits per heavy atom. The highest BCUT2D eigenvalue weighted by molar-refractivity contribution is 5.75. The molecule has 0 saturated carbocycles. The van der Waals surface area contributed by atoms with Crippen LogP contribution >= 0.6 is 0 Å². The van der Waals surface area contributed by atoms with Gasteiger partial charge in [-0.3, -0.25) is 19.3 Å². The zero-order valence-corrected chi connectivity index (χ0v) is 13.0. The van der Waals surface area contributed by atoms with Gasteiger partial charge >= 0.3 is 0 Å². The first-order valence-electron chi connectivity index (χ1n) is 7.39. The Hall–Kier alpha value is -3.22. The molecule has 0 N–H and O–H groups in total. The molecule has 0 saturated heterocycles. The third kappa shape index (κ3) is 3.40. The summed E-state index contributed by atoms with van der Waals surface area (Å²) in [7, 11) is 0. The molecule has 0 bridgehead atoms. The topological polar surface area (TPSA) is 86.7 Å². The van der Waals surface area contributed by atoms with Crippen molar-refractivity contribution in [2.75, 3.05) is 6.61 Å². The highest BCUT2D eigenvalue weighted by Crippen LogP contribution is 2.23. The summed E-state index contributed by atoms with van der Waals surface area (Å²) in [4.78, 5) is 25.7. The molecule has 0 aliphatic rings.